The molecule has 1 aliphatic rings. The Morgan fingerprint density at radius 2 is 1.96 bits per heavy atom. The number of amides is 2. The fourth-order valence-corrected chi connectivity index (χ4v) is 3.03. The molecule has 2 N–H and O–H groups in total. The van der Waals surface area contributed by atoms with E-state index in [4.69, 9.17) is 11.6 Å². The van der Waals surface area contributed by atoms with Crippen molar-refractivity contribution in [2.24, 2.45) is 0 Å². The molecule has 132 valence electrons. The van der Waals surface area contributed by atoms with E-state index in [9.17, 15) is 4.79 Å². The second-order valence-electron chi connectivity index (χ2n) is 6.14. The number of hydrogen-bond acceptors (Lipinski definition) is 4. The number of benzene rings is 1. The van der Waals surface area contributed by atoms with E-state index < -0.39 is 0 Å². The molecule has 0 spiro atoms. The highest BCUT2D eigenvalue weighted by molar-refractivity contribution is 6.33. The average molecular weight is 360 g/mol. The van der Waals surface area contributed by atoms with Crippen LogP contribution in [0, 0.1) is 6.92 Å². The minimum atomic E-state index is -0.316. The van der Waals surface area contributed by atoms with Gasteiger partial charge in [-0.15, -0.1) is 0 Å². The van der Waals surface area contributed by atoms with Gasteiger partial charge in [0.25, 0.3) is 0 Å². The molecule has 1 saturated heterocycles. The third-order valence-corrected chi connectivity index (χ3v) is 4.42. The lowest BCUT2D eigenvalue weighted by molar-refractivity contribution is 0.251. The standard InChI is InChI=1S/C18H22ClN5O/c1-13-11-14(22-17(21-13)24-9-5-2-6-10-24)12-20-18(25)23-16-8-4-3-7-15(16)19/h3-4,7-8,11H,2,5-6,9-10,12H2,1H3,(H2,20,23,25). The minimum absolute atomic E-state index is 0.316. The van der Waals surface area contributed by atoms with Crippen molar-refractivity contribution in [1.29, 1.82) is 0 Å². The van der Waals surface area contributed by atoms with Crippen molar-refractivity contribution in [3.05, 3.63) is 46.7 Å². The number of halogens is 1. The zero-order valence-corrected chi connectivity index (χ0v) is 15.0. The molecule has 1 aliphatic heterocycles. The van der Waals surface area contributed by atoms with Crippen LogP contribution in [-0.2, 0) is 6.54 Å². The molecule has 0 radical (unpaired) electrons. The largest absolute Gasteiger partial charge is 0.341 e. The van der Waals surface area contributed by atoms with Crippen molar-refractivity contribution < 1.29 is 4.79 Å². The molecule has 2 amide bonds. The number of nitrogens with one attached hydrogen (secondary N) is 2. The number of urea groups is 1. The van der Waals surface area contributed by atoms with E-state index in [0.29, 0.717) is 17.3 Å². The molecule has 0 atom stereocenters. The normalized spacial score (nSPS) is 14.2. The third kappa shape index (κ3) is 4.82. The summed E-state index contributed by atoms with van der Waals surface area (Å²) in [5, 5.41) is 6.05. The fraction of sp³-hybridized carbons (Fsp3) is 0.389. The number of aromatic nitrogens is 2. The van der Waals surface area contributed by atoms with Crippen LogP contribution in [0.2, 0.25) is 5.02 Å². The Morgan fingerprint density at radius 1 is 1.20 bits per heavy atom. The Hall–Kier alpha value is -2.34. The van der Waals surface area contributed by atoms with E-state index in [-0.39, 0.29) is 6.03 Å². The van der Waals surface area contributed by atoms with Crippen molar-refractivity contribution in [1.82, 2.24) is 15.3 Å². The van der Waals surface area contributed by atoms with Crippen LogP contribution in [0.3, 0.4) is 0 Å². The Labute approximate surface area is 152 Å². The lowest BCUT2D eigenvalue weighted by atomic mass is 10.1. The number of rotatable bonds is 4. The number of aryl methyl sites for hydroxylation is 1. The maximum atomic E-state index is 12.1. The first-order chi connectivity index (χ1) is 12.1. The molecule has 25 heavy (non-hydrogen) atoms. The Kier molecular flexibility index (Phi) is 5.71. The third-order valence-electron chi connectivity index (χ3n) is 4.09. The summed E-state index contributed by atoms with van der Waals surface area (Å²) in [6.07, 6.45) is 3.61. The number of nitrogens with zero attached hydrogens (tertiary/aromatic N) is 3. The molecule has 3 rings (SSSR count). The average Bonchev–Trinajstić information content (AvgIpc) is 2.62. The van der Waals surface area contributed by atoms with Crippen molar-refractivity contribution in [3.8, 4) is 0 Å². The van der Waals surface area contributed by atoms with Gasteiger partial charge in [-0.1, -0.05) is 23.7 Å². The molecule has 7 heteroatoms. The van der Waals surface area contributed by atoms with Crippen LogP contribution in [-0.4, -0.2) is 29.1 Å². The van der Waals surface area contributed by atoms with Crippen LogP contribution in [0.25, 0.3) is 0 Å². The Bertz CT molecular complexity index is 746. The highest BCUT2D eigenvalue weighted by atomic mass is 35.5. The molecule has 1 aromatic carbocycles. The first-order valence-corrected chi connectivity index (χ1v) is 8.88. The topological polar surface area (TPSA) is 70.2 Å². The number of piperidine rings is 1. The number of anilines is 2. The van der Waals surface area contributed by atoms with Gasteiger partial charge in [-0.05, 0) is 44.4 Å². The van der Waals surface area contributed by atoms with Gasteiger partial charge in [-0.3, -0.25) is 0 Å². The fourth-order valence-electron chi connectivity index (χ4n) is 2.84. The van der Waals surface area contributed by atoms with Crippen LogP contribution < -0.4 is 15.5 Å². The van der Waals surface area contributed by atoms with Gasteiger partial charge in [0.05, 0.1) is 22.9 Å². The van der Waals surface area contributed by atoms with E-state index in [1.807, 2.05) is 25.1 Å². The van der Waals surface area contributed by atoms with Gasteiger partial charge < -0.3 is 15.5 Å². The summed E-state index contributed by atoms with van der Waals surface area (Å²) in [5.74, 6) is 0.753. The quantitative estimate of drug-likeness (QED) is 0.872. The maximum absolute atomic E-state index is 12.1. The molecule has 0 saturated carbocycles. The predicted octanol–water partition coefficient (Wildman–Crippen LogP) is 3.75. The molecular weight excluding hydrogens is 338 g/mol. The number of hydrogen-bond donors (Lipinski definition) is 2. The minimum Gasteiger partial charge on any atom is -0.341 e. The smallest absolute Gasteiger partial charge is 0.319 e. The van der Waals surface area contributed by atoms with Crippen molar-refractivity contribution in [2.75, 3.05) is 23.3 Å². The van der Waals surface area contributed by atoms with Gasteiger partial charge in [-0.2, -0.15) is 0 Å². The molecule has 6 nitrogen and oxygen atoms in total. The predicted molar refractivity (Wildman–Crippen MR) is 100 cm³/mol. The first kappa shape index (κ1) is 17.5. The van der Waals surface area contributed by atoms with Gasteiger partial charge >= 0.3 is 6.03 Å². The zero-order chi connectivity index (χ0) is 17.6. The molecule has 1 aromatic heterocycles. The lowest BCUT2D eigenvalue weighted by Gasteiger charge is -2.27. The van der Waals surface area contributed by atoms with Gasteiger partial charge in [-0.25, -0.2) is 14.8 Å². The maximum Gasteiger partial charge on any atom is 0.319 e. The van der Waals surface area contributed by atoms with Crippen LogP contribution >= 0.6 is 11.6 Å². The van der Waals surface area contributed by atoms with Gasteiger partial charge in [0.15, 0.2) is 0 Å². The van der Waals surface area contributed by atoms with Crippen molar-refractivity contribution in [3.63, 3.8) is 0 Å². The Balaban J connectivity index is 1.61. The summed E-state index contributed by atoms with van der Waals surface area (Å²) < 4.78 is 0. The number of carbonyl (C=O) groups is 1. The molecule has 0 bridgehead atoms. The van der Waals surface area contributed by atoms with E-state index in [1.165, 1.54) is 19.3 Å². The van der Waals surface area contributed by atoms with Gasteiger partial charge in [0.2, 0.25) is 5.95 Å². The molecular formula is C18H22ClN5O. The summed E-state index contributed by atoms with van der Waals surface area (Å²) in [4.78, 5) is 23.4. The lowest BCUT2D eigenvalue weighted by Crippen LogP contribution is -2.32. The van der Waals surface area contributed by atoms with Crippen LogP contribution in [0.15, 0.2) is 30.3 Å². The van der Waals surface area contributed by atoms with E-state index in [1.54, 1.807) is 12.1 Å². The highest BCUT2D eigenvalue weighted by Gasteiger charge is 2.15. The summed E-state index contributed by atoms with van der Waals surface area (Å²) in [5.41, 5.74) is 2.27. The van der Waals surface area contributed by atoms with E-state index in [0.717, 1.165) is 30.4 Å². The van der Waals surface area contributed by atoms with Crippen molar-refractivity contribution in [2.45, 2.75) is 32.7 Å². The van der Waals surface area contributed by atoms with Crippen LogP contribution in [0.1, 0.15) is 30.7 Å². The molecule has 1 fully saturated rings. The van der Waals surface area contributed by atoms with E-state index in [2.05, 4.69) is 25.5 Å². The Morgan fingerprint density at radius 3 is 2.72 bits per heavy atom. The molecule has 2 aromatic rings. The molecule has 0 unspecified atom stereocenters. The highest BCUT2D eigenvalue weighted by Crippen LogP contribution is 2.20. The number of para-hydroxylation sites is 1. The zero-order valence-electron chi connectivity index (χ0n) is 14.3. The summed E-state index contributed by atoms with van der Waals surface area (Å²) >= 11 is 6.04. The first-order valence-electron chi connectivity index (χ1n) is 8.51. The van der Waals surface area contributed by atoms with Crippen molar-refractivity contribution >= 4 is 29.3 Å². The van der Waals surface area contributed by atoms with Gasteiger partial charge in [0.1, 0.15) is 0 Å². The SMILES string of the molecule is Cc1cc(CNC(=O)Nc2ccccc2Cl)nc(N2CCCCC2)n1. The van der Waals surface area contributed by atoms with Gasteiger partial charge in [0, 0.05) is 18.8 Å². The van der Waals surface area contributed by atoms with Crippen LogP contribution in [0.4, 0.5) is 16.4 Å². The molecule has 0 aliphatic carbocycles. The van der Waals surface area contributed by atoms with E-state index >= 15 is 0 Å². The second kappa shape index (κ2) is 8.16. The summed E-state index contributed by atoms with van der Waals surface area (Å²) in [7, 11) is 0. The summed E-state index contributed by atoms with van der Waals surface area (Å²) in [6.45, 7) is 4.26. The van der Waals surface area contributed by atoms with Crippen LogP contribution in [0.5, 0.6) is 0 Å². The molecule has 2 heterocycles. The monoisotopic (exact) mass is 359 g/mol. The summed E-state index contributed by atoms with van der Waals surface area (Å²) in [6, 6.07) is 8.70. The number of carbonyl (C=O) groups excluding carboxylic acids is 1. The second-order valence-corrected chi connectivity index (χ2v) is 6.54.